The molecule has 6 heteroatoms. The van der Waals surface area contributed by atoms with Crippen LogP contribution in [0.4, 0.5) is 22.0 Å². The van der Waals surface area contributed by atoms with E-state index in [1.807, 2.05) is 0 Å². The van der Waals surface area contributed by atoms with Crippen molar-refractivity contribution in [2.24, 2.45) is 0 Å². The number of nitrogen functional groups attached to an aromatic ring is 2. The smallest absolute Gasteiger partial charge is 0.223 e. The molecular formula is C12H14FN5. The van der Waals surface area contributed by atoms with Gasteiger partial charge in [-0.1, -0.05) is 18.2 Å². The van der Waals surface area contributed by atoms with Crippen LogP contribution in [0.15, 0.2) is 30.3 Å². The van der Waals surface area contributed by atoms with E-state index in [2.05, 4.69) is 15.3 Å². The number of nitrogens with one attached hydrogen (secondary N) is 1. The first-order valence-corrected chi connectivity index (χ1v) is 5.52. The van der Waals surface area contributed by atoms with Gasteiger partial charge < -0.3 is 16.8 Å². The zero-order valence-corrected chi connectivity index (χ0v) is 9.73. The molecule has 1 aromatic heterocycles. The lowest BCUT2D eigenvalue weighted by Crippen LogP contribution is -2.09. The minimum atomic E-state index is -0.207. The Morgan fingerprint density at radius 2 is 1.94 bits per heavy atom. The molecule has 0 aliphatic heterocycles. The van der Waals surface area contributed by atoms with E-state index >= 15 is 0 Å². The summed E-state index contributed by atoms with van der Waals surface area (Å²) in [7, 11) is 0. The van der Waals surface area contributed by atoms with Crippen molar-refractivity contribution >= 4 is 17.6 Å². The minimum Gasteiger partial charge on any atom is -0.383 e. The lowest BCUT2D eigenvalue weighted by atomic mass is 10.1. The molecule has 0 bridgehead atoms. The number of anilines is 3. The van der Waals surface area contributed by atoms with Crippen LogP contribution < -0.4 is 16.8 Å². The molecule has 2 rings (SSSR count). The number of aromatic nitrogens is 2. The third-order valence-corrected chi connectivity index (χ3v) is 2.42. The van der Waals surface area contributed by atoms with Crippen LogP contribution in [0.1, 0.15) is 5.56 Å². The molecule has 0 aliphatic carbocycles. The monoisotopic (exact) mass is 247 g/mol. The molecule has 94 valence electrons. The van der Waals surface area contributed by atoms with Crippen molar-refractivity contribution < 1.29 is 4.39 Å². The van der Waals surface area contributed by atoms with Gasteiger partial charge in [0.25, 0.3) is 0 Å². The van der Waals surface area contributed by atoms with Crippen LogP contribution in [0.2, 0.25) is 0 Å². The molecule has 1 aromatic carbocycles. The van der Waals surface area contributed by atoms with Crippen LogP contribution in [-0.2, 0) is 6.42 Å². The second-order valence-corrected chi connectivity index (χ2v) is 3.80. The molecular weight excluding hydrogens is 233 g/mol. The molecule has 5 N–H and O–H groups in total. The lowest BCUT2D eigenvalue weighted by Gasteiger charge is -2.07. The Morgan fingerprint density at radius 1 is 1.17 bits per heavy atom. The molecule has 0 saturated carbocycles. The predicted molar refractivity (Wildman–Crippen MR) is 69.5 cm³/mol. The molecule has 0 saturated heterocycles. The van der Waals surface area contributed by atoms with Crippen LogP contribution in [-0.4, -0.2) is 16.5 Å². The van der Waals surface area contributed by atoms with Crippen LogP contribution in [0.3, 0.4) is 0 Å². The zero-order valence-electron chi connectivity index (χ0n) is 9.73. The van der Waals surface area contributed by atoms with E-state index in [0.717, 1.165) is 0 Å². The van der Waals surface area contributed by atoms with E-state index in [0.29, 0.717) is 30.2 Å². The van der Waals surface area contributed by atoms with Gasteiger partial charge in [0.15, 0.2) is 0 Å². The highest BCUT2D eigenvalue weighted by atomic mass is 19.1. The summed E-state index contributed by atoms with van der Waals surface area (Å²) >= 11 is 0. The van der Waals surface area contributed by atoms with Crippen LogP contribution in [0.5, 0.6) is 0 Å². The Hall–Kier alpha value is -2.37. The SMILES string of the molecule is Nc1cc(NCCc2ccccc2F)nc(N)n1. The molecule has 0 amide bonds. The summed E-state index contributed by atoms with van der Waals surface area (Å²) < 4.78 is 13.4. The number of hydrogen-bond donors (Lipinski definition) is 3. The summed E-state index contributed by atoms with van der Waals surface area (Å²) in [6, 6.07) is 8.24. The second-order valence-electron chi connectivity index (χ2n) is 3.80. The molecule has 0 unspecified atom stereocenters. The fourth-order valence-corrected chi connectivity index (χ4v) is 1.60. The third kappa shape index (κ3) is 3.07. The number of benzene rings is 1. The van der Waals surface area contributed by atoms with Gasteiger partial charge in [-0.3, -0.25) is 0 Å². The van der Waals surface area contributed by atoms with Crippen molar-refractivity contribution in [1.82, 2.24) is 9.97 Å². The molecule has 0 aliphatic rings. The van der Waals surface area contributed by atoms with E-state index in [9.17, 15) is 4.39 Å². The van der Waals surface area contributed by atoms with Gasteiger partial charge >= 0.3 is 0 Å². The first kappa shape index (κ1) is 12.1. The number of hydrogen-bond acceptors (Lipinski definition) is 5. The Bertz CT molecular complexity index is 523. The highest BCUT2D eigenvalue weighted by Gasteiger charge is 2.02. The maximum atomic E-state index is 13.4. The van der Waals surface area contributed by atoms with Gasteiger partial charge in [0, 0.05) is 12.6 Å². The van der Waals surface area contributed by atoms with Crippen molar-refractivity contribution in [1.29, 1.82) is 0 Å². The summed E-state index contributed by atoms with van der Waals surface area (Å²) in [5.74, 6) is 0.747. The average molecular weight is 247 g/mol. The number of halogens is 1. The summed E-state index contributed by atoms with van der Waals surface area (Å²) in [6.07, 6.45) is 0.552. The number of nitrogens with zero attached hydrogens (tertiary/aromatic N) is 2. The Kier molecular flexibility index (Phi) is 3.57. The molecule has 18 heavy (non-hydrogen) atoms. The quantitative estimate of drug-likeness (QED) is 0.760. The van der Waals surface area contributed by atoms with E-state index < -0.39 is 0 Å². The van der Waals surface area contributed by atoms with Crippen molar-refractivity contribution in [2.75, 3.05) is 23.3 Å². The highest BCUT2D eigenvalue weighted by Crippen LogP contribution is 2.10. The molecule has 0 fully saturated rings. The largest absolute Gasteiger partial charge is 0.383 e. The first-order valence-electron chi connectivity index (χ1n) is 5.52. The maximum absolute atomic E-state index is 13.4. The minimum absolute atomic E-state index is 0.114. The van der Waals surface area contributed by atoms with Gasteiger partial charge in [0.2, 0.25) is 5.95 Å². The van der Waals surface area contributed by atoms with Gasteiger partial charge in [-0.25, -0.2) is 4.39 Å². The number of nitrogens with two attached hydrogens (primary N) is 2. The lowest BCUT2D eigenvalue weighted by molar-refractivity contribution is 0.610. The second kappa shape index (κ2) is 5.31. The van der Waals surface area contributed by atoms with Crippen LogP contribution in [0.25, 0.3) is 0 Å². The first-order chi connectivity index (χ1) is 8.65. The van der Waals surface area contributed by atoms with Crippen LogP contribution in [0, 0.1) is 5.82 Å². The van der Waals surface area contributed by atoms with Crippen molar-refractivity contribution in [3.63, 3.8) is 0 Å². The maximum Gasteiger partial charge on any atom is 0.223 e. The molecule has 0 atom stereocenters. The van der Waals surface area contributed by atoms with Gasteiger partial charge in [0.1, 0.15) is 17.5 Å². The summed E-state index contributed by atoms with van der Waals surface area (Å²) in [4.78, 5) is 7.73. The van der Waals surface area contributed by atoms with Gasteiger partial charge in [-0.05, 0) is 18.1 Å². The fraction of sp³-hybridized carbons (Fsp3) is 0.167. The highest BCUT2D eigenvalue weighted by molar-refractivity contribution is 5.48. The number of rotatable bonds is 4. The molecule has 1 heterocycles. The van der Waals surface area contributed by atoms with Gasteiger partial charge in [-0.2, -0.15) is 9.97 Å². The standard InChI is InChI=1S/C12H14FN5/c13-9-4-2-1-3-8(9)5-6-16-11-7-10(14)17-12(15)18-11/h1-4,7H,5-6H2,(H5,14,15,16,17,18). The van der Waals surface area contributed by atoms with Gasteiger partial charge in [0.05, 0.1) is 0 Å². The van der Waals surface area contributed by atoms with Crippen molar-refractivity contribution in [2.45, 2.75) is 6.42 Å². The third-order valence-electron chi connectivity index (χ3n) is 2.42. The van der Waals surface area contributed by atoms with E-state index in [-0.39, 0.29) is 11.8 Å². The van der Waals surface area contributed by atoms with Crippen molar-refractivity contribution in [3.8, 4) is 0 Å². The summed E-state index contributed by atoms with van der Waals surface area (Å²) in [5.41, 5.74) is 11.7. The predicted octanol–water partition coefficient (Wildman–Crippen LogP) is 1.43. The zero-order chi connectivity index (χ0) is 13.0. The summed E-state index contributed by atoms with van der Waals surface area (Å²) in [6.45, 7) is 0.539. The van der Waals surface area contributed by atoms with E-state index in [4.69, 9.17) is 11.5 Å². The molecule has 5 nitrogen and oxygen atoms in total. The average Bonchev–Trinajstić information content (AvgIpc) is 2.30. The molecule has 0 radical (unpaired) electrons. The Labute approximate surface area is 104 Å². The summed E-state index contributed by atoms with van der Waals surface area (Å²) in [5, 5.41) is 3.02. The van der Waals surface area contributed by atoms with Gasteiger partial charge in [-0.15, -0.1) is 0 Å². The Morgan fingerprint density at radius 3 is 2.67 bits per heavy atom. The van der Waals surface area contributed by atoms with E-state index in [1.54, 1.807) is 24.3 Å². The van der Waals surface area contributed by atoms with Crippen molar-refractivity contribution in [3.05, 3.63) is 41.7 Å². The molecule has 0 spiro atoms. The fourth-order valence-electron chi connectivity index (χ4n) is 1.60. The normalized spacial score (nSPS) is 10.3. The van der Waals surface area contributed by atoms with E-state index in [1.165, 1.54) is 6.07 Å². The molecule has 2 aromatic rings. The van der Waals surface area contributed by atoms with Crippen LogP contribution >= 0.6 is 0 Å². The topological polar surface area (TPSA) is 89.8 Å². The Balaban J connectivity index is 1.94.